The number of aromatic nitrogens is 3. The average molecular weight is 356 g/mol. The van der Waals surface area contributed by atoms with Crippen molar-refractivity contribution in [2.45, 2.75) is 45.9 Å². The van der Waals surface area contributed by atoms with E-state index in [2.05, 4.69) is 10.1 Å². The van der Waals surface area contributed by atoms with Gasteiger partial charge in [0, 0.05) is 25.4 Å². The van der Waals surface area contributed by atoms with E-state index in [0.717, 1.165) is 29.8 Å². The summed E-state index contributed by atoms with van der Waals surface area (Å²) in [5, 5.41) is 4.22. The van der Waals surface area contributed by atoms with Gasteiger partial charge in [0.2, 0.25) is 5.91 Å². The highest BCUT2D eigenvalue weighted by Crippen LogP contribution is 2.15. The Morgan fingerprint density at radius 3 is 2.96 bits per heavy atom. The Kier molecular flexibility index (Phi) is 5.78. The van der Waals surface area contributed by atoms with Crippen molar-refractivity contribution in [1.29, 1.82) is 0 Å². The molecule has 0 unspecified atom stereocenters. The zero-order valence-electron chi connectivity index (χ0n) is 15.2. The summed E-state index contributed by atoms with van der Waals surface area (Å²) in [5.74, 6) is -0.103. The highest BCUT2D eigenvalue weighted by atomic mass is 16.5. The first-order chi connectivity index (χ1) is 12.5. The molecule has 1 aliphatic heterocycles. The SMILES string of the molecule is Cc1cc(=O)n(CC(=O)N2CCC[C@H](OCc3ccccn3)C2)nc1C. The lowest BCUT2D eigenvalue weighted by Gasteiger charge is -2.32. The fraction of sp³-hybridized carbons (Fsp3) is 0.474. The summed E-state index contributed by atoms with van der Waals surface area (Å²) in [4.78, 5) is 30.6. The Morgan fingerprint density at radius 1 is 1.35 bits per heavy atom. The lowest BCUT2D eigenvalue weighted by Crippen LogP contribution is -2.45. The fourth-order valence-electron chi connectivity index (χ4n) is 3.00. The van der Waals surface area contributed by atoms with E-state index in [-0.39, 0.29) is 24.1 Å². The van der Waals surface area contributed by atoms with Gasteiger partial charge in [0.15, 0.2) is 0 Å². The number of ether oxygens (including phenoxy) is 1. The molecule has 1 fully saturated rings. The lowest BCUT2D eigenvalue weighted by atomic mass is 10.1. The Bertz CT molecular complexity index is 819. The van der Waals surface area contributed by atoms with Crippen LogP contribution in [-0.2, 0) is 22.7 Å². The highest BCUT2D eigenvalue weighted by molar-refractivity contribution is 5.76. The van der Waals surface area contributed by atoms with E-state index < -0.39 is 0 Å². The predicted octanol–water partition coefficient (Wildman–Crippen LogP) is 1.46. The molecule has 2 aromatic rings. The third-order valence-corrected chi connectivity index (χ3v) is 4.64. The van der Waals surface area contributed by atoms with Crippen LogP contribution in [0.3, 0.4) is 0 Å². The number of carbonyl (C=O) groups is 1. The van der Waals surface area contributed by atoms with Crippen molar-refractivity contribution in [3.8, 4) is 0 Å². The largest absolute Gasteiger partial charge is 0.370 e. The maximum Gasteiger partial charge on any atom is 0.267 e. The van der Waals surface area contributed by atoms with Crippen LogP contribution in [0.25, 0.3) is 0 Å². The smallest absolute Gasteiger partial charge is 0.267 e. The zero-order chi connectivity index (χ0) is 18.5. The average Bonchev–Trinajstić information content (AvgIpc) is 2.65. The van der Waals surface area contributed by atoms with Crippen LogP contribution in [0.15, 0.2) is 35.3 Å². The number of likely N-dealkylation sites (tertiary alicyclic amines) is 1. The van der Waals surface area contributed by atoms with Gasteiger partial charge in [-0.1, -0.05) is 6.07 Å². The van der Waals surface area contributed by atoms with Gasteiger partial charge >= 0.3 is 0 Å². The van der Waals surface area contributed by atoms with E-state index in [1.807, 2.05) is 32.0 Å². The molecular formula is C19H24N4O3. The molecule has 7 heteroatoms. The van der Waals surface area contributed by atoms with Gasteiger partial charge in [0.05, 0.1) is 24.1 Å². The van der Waals surface area contributed by atoms with E-state index in [1.54, 1.807) is 11.1 Å². The molecule has 0 radical (unpaired) electrons. The fourth-order valence-corrected chi connectivity index (χ4v) is 3.00. The Labute approximate surface area is 152 Å². The van der Waals surface area contributed by atoms with Gasteiger partial charge in [0.25, 0.3) is 5.56 Å². The summed E-state index contributed by atoms with van der Waals surface area (Å²) in [7, 11) is 0. The van der Waals surface area contributed by atoms with Crippen LogP contribution in [0, 0.1) is 13.8 Å². The number of amides is 1. The van der Waals surface area contributed by atoms with Crippen molar-refractivity contribution in [3.05, 3.63) is 57.8 Å². The predicted molar refractivity (Wildman–Crippen MR) is 96.6 cm³/mol. The van der Waals surface area contributed by atoms with Crippen LogP contribution in [0.2, 0.25) is 0 Å². The summed E-state index contributed by atoms with van der Waals surface area (Å²) in [5.41, 5.74) is 2.22. The first-order valence-electron chi connectivity index (χ1n) is 8.87. The number of rotatable bonds is 5. The number of hydrogen-bond donors (Lipinski definition) is 0. The van der Waals surface area contributed by atoms with E-state index in [9.17, 15) is 9.59 Å². The molecule has 7 nitrogen and oxygen atoms in total. The summed E-state index contributed by atoms with van der Waals surface area (Å²) in [6.07, 6.45) is 3.52. The number of nitrogens with zero attached hydrogens (tertiary/aromatic N) is 4. The Balaban J connectivity index is 1.58. The van der Waals surface area contributed by atoms with Gasteiger partial charge < -0.3 is 9.64 Å². The molecule has 3 rings (SSSR count). The summed E-state index contributed by atoms with van der Waals surface area (Å²) < 4.78 is 7.16. The molecule has 138 valence electrons. The van der Waals surface area contributed by atoms with Crippen molar-refractivity contribution in [1.82, 2.24) is 19.7 Å². The second-order valence-electron chi connectivity index (χ2n) is 6.64. The molecule has 1 aliphatic rings. The van der Waals surface area contributed by atoms with Gasteiger partial charge in [0.1, 0.15) is 6.54 Å². The highest BCUT2D eigenvalue weighted by Gasteiger charge is 2.25. The zero-order valence-corrected chi connectivity index (χ0v) is 15.2. The van der Waals surface area contributed by atoms with Gasteiger partial charge in [-0.05, 0) is 44.4 Å². The second-order valence-corrected chi connectivity index (χ2v) is 6.64. The van der Waals surface area contributed by atoms with E-state index in [4.69, 9.17) is 4.74 Å². The minimum absolute atomic E-state index is 0.0147. The molecule has 1 amide bonds. The van der Waals surface area contributed by atoms with Crippen LogP contribution in [0.4, 0.5) is 0 Å². The Hall–Kier alpha value is -2.54. The quantitative estimate of drug-likeness (QED) is 0.811. The number of piperidine rings is 1. The van der Waals surface area contributed by atoms with Crippen LogP contribution in [-0.4, -0.2) is 44.8 Å². The maximum atomic E-state index is 12.6. The minimum atomic E-state index is -0.249. The van der Waals surface area contributed by atoms with E-state index in [1.165, 1.54) is 10.7 Å². The van der Waals surface area contributed by atoms with Crippen molar-refractivity contribution in [2.75, 3.05) is 13.1 Å². The summed E-state index contributed by atoms with van der Waals surface area (Å²) in [6, 6.07) is 7.23. The molecule has 0 aliphatic carbocycles. The summed E-state index contributed by atoms with van der Waals surface area (Å²) >= 11 is 0. The molecule has 2 aromatic heterocycles. The maximum absolute atomic E-state index is 12.6. The molecule has 0 bridgehead atoms. The third-order valence-electron chi connectivity index (χ3n) is 4.64. The normalized spacial score (nSPS) is 17.3. The molecule has 0 aromatic carbocycles. The van der Waals surface area contributed by atoms with E-state index in [0.29, 0.717) is 19.7 Å². The number of pyridine rings is 1. The van der Waals surface area contributed by atoms with Crippen molar-refractivity contribution < 1.29 is 9.53 Å². The molecular weight excluding hydrogens is 332 g/mol. The topological polar surface area (TPSA) is 77.3 Å². The van der Waals surface area contributed by atoms with E-state index >= 15 is 0 Å². The van der Waals surface area contributed by atoms with Crippen molar-refractivity contribution in [2.24, 2.45) is 0 Å². The van der Waals surface area contributed by atoms with Gasteiger partial charge in [-0.25, -0.2) is 4.68 Å². The van der Waals surface area contributed by atoms with Gasteiger partial charge in [-0.2, -0.15) is 5.10 Å². The van der Waals surface area contributed by atoms with Crippen LogP contribution < -0.4 is 5.56 Å². The van der Waals surface area contributed by atoms with Crippen LogP contribution >= 0.6 is 0 Å². The molecule has 0 saturated carbocycles. The van der Waals surface area contributed by atoms with Crippen LogP contribution in [0.5, 0.6) is 0 Å². The van der Waals surface area contributed by atoms with Crippen LogP contribution in [0.1, 0.15) is 29.8 Å². The standard InChI is InChI=1S/C19H24N4O3/c1-14-10-18(24)23(21-15(14)2)12-19(25)22-9-5-7-17(11-22)26-13-16-6-3-4-8-20-16/h3-4,6,8,10,17H,5,7,9,11-13H2,1-2H3/t17-/m0/s1. The lowest BCUT2D eigenvalue weighted by molar-refractivity contribution is -0.136. The van der Waals surface area contributed by atoms with Crippen molar-refractivity contribution >= 4 is 5.91 Å². The first kappa shape index (κ1) is 18.3. The number of hydrogen-bond acceptors (Lipinski definition) is 5. The number of aryl methyl sites for hydroxylation is 2. The van der Waals surface area contributed by atoms with Crippen molar-refractivity contribution in [3.63, 3.8) is 0 Å². The number of carbonyl (C=O) groups excluding carboxylic acids is 1. The molecule has 26 heavy (non-hydrogen) atoms. The third kappa shape index (κ3) is 4.54. The second kappa shape index (κ2) is 8.23. The van der Waals surface area contributed by atoms with Gasteiger partial charge in [-0.15, -0.1) is 0 Å². The molecule has 0 spiro atoms. The molecule has 0 N–H and O–H groups in total. The molecule has 3 heterocycles. The summed E-state index contributed by atoms with van der Waals surface area (Å²) in [6.45, 7) is 5.29. The Morgan fingerprint density at radius 2 is 2.19 bits per heavy atom. The molecule has 1 saturated heterocycles. The molecule has 1 atom stereocenters. The first-order valence-corrected chi connectivity index (χ1v) is 8.87. The minimum Gasteiger partial charge on any atom is -0.370 e. The van der Waals surface area contributed by atoms with Gasteiger partial charge in [-0.3, -0.25) is 14.6 Å². The monoisotopic (exact) mass is 356 g/mol.